The quantitative estimate of drug-likeness (QED) is 0.771. The standard InChI is InChI=1S/C18H21N5O5/c1-26-10-6-4-9(5-7-10)21-14-12-8-11(13(14)19-20-21)15-16(12)23(18(25)28-3)22(15)17(24)27-2/h4-7,11-16H,8H2,1-3H3/t11-,12+,13+,14-,15-,16+/m1/s1. The first kappa shape index (κ1) is 17.1. The topological polar surface area (TPSA) is 96.3 Å². The zero-order valence-electron chi connectivity index (χ0n) is 15.8. The molecule has 2 bridgehead atoms. The van der Waals surface area contributed by atoms with Crippen molar-refractivity contribution in [2.45, 2.75) is 30.6 Å². The number of hydrogen-bond acceptors (Lipinski definition) is 8. The molecule has 5 rings (SSSR count). The highest BCUT2D eigenvalue weighted by Crippen LogP contribution is 2.59. The second kappa shape index (κ2) is 5.98. The zero-order valence-corrected chi connectivity index (χ0v) is 15.8. The lowest BCUT2D eigenvalue weighted by Crippen LogP contribution is -2.78. The first-order valence-corrected chi connectivity index (χ1v) is 9.19. The summed E-state index contributed by atoms with van der Waals surface area (Å²) in [4.78, 5) is 24.6. The van der Waals surface area contributed by atoms with Crippen LogP contribution in [0.5, 0.6) is 5.75 Å². The maximum atomic E-state index is 12.3. The number of nitrogens with zero attached hydrogens (tertiary/aromatic N) is 5. The van der Waals surface area contributed by atoms with E-state index in [2.05, 4.69) is 10.3 Å². The van der Waals surface area contributed by atoms with Gasteiger partial charge in [-0.25, -0.2) is 24.6 Å². The van der Waals surface area contributed by atoms with Crippen molar-refractivity contribution in [2.24, 2.45) is 22.2 Å². The highest BCUT2D eigenvalue weighted by molar-refractivity contribution is 5.77. The maximum absolute atomic E-state index is 12.3. The first-order valence-electron chi connectivity index (χ1n) is 9.19. The third-order valence-corrected chi connectivity index (χ3v) is 6.42. The number of carbonyl (C=O) groups is 2. The number of hydrazine groups is 1. The Hall–Kier alpha value is -3.04. The van der Waals surface area contributed by atoms with Crippen molar-refractivity contribution < 1.29 is 23.8 Å². The number of ether oxygens (including phenoxy) is 3. The monoisotopic (exact) mass is 387 g/mol. The fraction of sp³-hybridized carbons (Fsp3) is 0.556. The molecule has 2 aliphatic heterocycles. The molecule has 0 N–H and O–H groups in total. The molecule has 2 heterocycles. The summed E-state index contributed by atoms with van der Waals surface area (Å²) in [7, 11) is 4.24. The molecule has 1 aromatic carbocycles. The summed E-state index contributed by atoms with van der Waals surface area (Å²) in [6, 6.07) is 7.46. The van der Waals surface area contributed by atoms with Gasteiger partial charge in [-0.3, -0.25) is 0 Å². The fourth-order valence-corrected chi connectivity index (χ4v) is 5.38. The molecule has 10 nitrogen and oxygen atoms in total. The minimum atomic E-state index is -0.558. The molecule has 10 heteroatoms. The van der Waals surface area contributed by atoms with Crippen LogP contribution in [-0.4, -0.2) is 67.7 Å². The van der Waals surface area contributed by atoms with Gasteiger partial charge in [0.2, 0.25) is 0 Å². The fourth-order valence-electron chi connectivity index (χ4n) is 5.38. The first-order chi connectivity index (χ1) is 13.6. The van der Waals surface area contributed by atoms with E-state index < -0.39 is 12.2 Å². The van der Waals surface area contributed by atoms with E-state index in [1.54, 1.807) is 7.11 Å². The van der Waals surface area contributed by atoms with E-state index in [9.17, 15) is 9.59 Å². The molecule has 3 fully saturated rings. The van der Waals surface area contributed by atoms with E-state index in [1.165, 1.54) is 24.2 Å². The predicted molar refractivity (Wildman–Crippen MR) is 95.6 cm³/mol. The molecule has 1 saturated heterocycles. The van der Waals surface area contributed by atoms with Crippen molar-refractivity contribution >= 4 is 17.9 Å². The van der Waals surface area contributed by atoms with Crippen LogP contribution >= 0.6 is 0 Å². The Morgan fingerprint density at radius 2 is 1.54 bits per heavy atom. The van der Waals surface area contributed by atoms with Gasteiger partial charge in [0.05, 0.1) is 45.1 Å². The Labute approximate surface area is 161 Å². The van der Waals surface area contributed by atoms with Crippen LogP contribution in [0.15, 0.2) is 34.6 Å². The second-order valence-corrected chi connectivity index (χ2v) is 7.40. The third kappa shape index (κ3) is 2.02. The molecular weight excluding hydrogens is 366 g/mol. The van der Waals surface area contributed by atoms with Crippen LogP contribution < -0.4 is 9.75 Å². The van der Waals surface area contributed by atoms with Crippen LogP contribution in [0.1, 0.15) is 6.42 Å². The molecule has 4 aliphatic rings. The highest BCUT2D eigenvalue weighted by Gasteiger charge is 2.73. The van der Waals surface area contributed by atoms with Crippen LogP contribution in [0.4, 0.5) is 15.3 Å². The van der Waals surface area contributed by atoms with E-state index in [4.69, 9.17) is 14.2 Å². The molecule has 0 spiro atoms. The molecule has 6 atom stereocenters. The average Bonchev–Trinajstić information content (AvgIpc) is 3.37. The molecule has 0 radical (unpaired) electrons. The van der Waals surface area contributed by atoms with Gasteiger partial charge in [-0.05, 0) is 30.7 Å². The Morgan fingerprint density at radius 3 is 2.11 bits per heavy atom. The smallest absolute Gasteiger partial charge is 0.429 e. The molecular formula is C18H21N5O5. The predicted octanol–water partition coefficient (Wildman–Crippen LogP) is 2.07. The summed E-state index contributed by atoms with van der Waals surface area (Å²) < 4.78 is 15.0. The largest absolute Gasteiger partial charge is 0.497 e. The minimum Gasteiger partial charge on any atom is -0.497 e. The normalized spacial score (nSPS) is 34.0. The number of benzene rings is 1. The van der Waals surface area contributed by atoms with Gasteiger partial charge in [-0.1, -0.05) is 5.22 Å². The van der Waals surface area contributed by atoms with Crippen molar-refractivity contribution in [2.75, 3.05) is 26.3 Å². The molecule has 148 valence electrons. The minimum absolute atomic E-state index is 0.0136. The van der Waals surface area contributed by atoms with Crippen LogP contribution in [0.2, 0.25) is 0 Å². The van der Waals surface area contributed by atoms with Crippen LogP contribution in [0.3, 0.4) is 0 Å². The zero-order chi connectivity index (χ0) is 19.6. The van der Waals surface area contributed by atoms with Crippen molar-refractivity contribution in [3.05, 3.63) is 24.3 Å². The van der Waals surface area contributed by atoms with E-state index in [1.807, 2.05) is 29.3 Å². The Balaban J connectivity index is 1.44. The summed E-state index contributed by atoms with van der Waals surface area (Å²) in [5.41, 5.74) is 0.926. The van der Waals surface area contributed by atoms with Gasteiger partial charge < -0.3 is 14.2 Å². The Morgan fingerprint density at radius 1 is 0.929 bits per heavy atom. The summed E-state index contributed by atoms with van der Waals surface area (Å²) in [6.45, 7) is 0. The number of fused-ring (bicyclic) bond motifs is 8. The van der Waals surface area contributed by atoms with Gasteiger partial charge in [0, 0.05) is 11.8 Å². The van der Waals surface area contributed by atoms with Crippen molar-refractivity contribution in [1.29, 1.82) is 0 Å². The van der Waals surface area contributed by atoms with Crippen LogP contribution in [0, 0.1) is 11.8 Å². The summed E-state index contributed by atoms with van der Waals surface area (Å²) in [6.07, 6.45) is -0.242. The average molecular weight is 387 g/mol. The Kier molecular flexibility index (Phi) is 3.65. The van der Waals surface area contributed by atoms with Crippen molar-refractivity contribution in [1.82, 2.24) is 10.0 Å². The van der Waals surface area contributed by atoms with Crippen molar-refractivity contribution in [3.8, 4) is 5.75 Å². The van der Waals surface area contributed by atoms with Crippen LogP contribution in [0.25, 0.3) is 0 Å². The second-order valence-electron chi connectivity index (χ2n) is 7.40. The van der Waals surface area contributed by atoms with Gasteiger partial charge in [-0.15, -0.1) is 0 Å². The molecule has 1 aromatic rings. The SMILES string of the molecule is COC(=O)N1[C@@H]2[C@@H]3C[C@@H]([C@@H]4[C@H]3N=NN4c3ccc(OC)cc3)[C@@H]2N1C(=O)OC. The number of rotatable bonds is 2. The molecule has 2 saturated carbocycles. The van der Waals surface area contributed by atoms with Gasteiger partial charge in [0.1, 0.15) is 11.8 Å². The highest BCUT2D eigenvalue weighted by atomic mass is 16.6. The molecule has 2 amide bonds. The van der Waals surface area contributed by atoms with Gasteiger partial charge in [0.25, 0.3) is 0 Å². The maximum Gasteiger partial charge on any atom is 0.429 e. The van der Waals surface area contributed by atoms with E-state index in [0.717, 1.165) is 17.9 Å². The molecule has 0 unspecified atom stereocenters. The number of methoxy groups -OCH3 is 3. The van der Waals surface area contributed by atoms with E-state index >= 15 is 0 Å². The van der Waals surface area contributed by atoms with E-state index in [-0.39, 0.29) is 36.0 Å². The number of carbonyl (C=O) groups excluding carboxylic acids is 2. The molecule has 2 aliphatic carbocycles. The molecule has 28 heavy (non-hydrogen) atoms. The number of amides is 2. The summed E-state index contributed by atoms with van der Waals surface area (Å²) in [5, 5.41) is 13.6. The van der Waals surface area contributed by atoms with Crippen LogP contribution in [-0.2, 0) is 9.47 Å². The van der Waals surface area contributed by atoms with Gasteiger partial charge in [0.15, 0.2) is 0 Å². The third-order valence-electron chi connectivity index (χ3n) is 6.42. The lowest BCUT2D eigenvalue weighted by atomic mass is 9.79. The molecule has 0 aromatic heterocycles. The lowest BCUT2D eigenvalue weighted by molar-refractivity contribution is -0.181. The summed E-state index contributed by atoms with van der Waals surface area (Å²) >= 11 is 0. The number of hydrogen-bond donors (Lipinski definition) is 0. The lowest BCUT2D eigenvalue weighted by Gasteiger charge is -2.58. The van der Waals surface area contributed by atoms with Gasteiger partial charge in [-0.2, -0.15) is 5.11 Å². The van der Waals surface area contributed by atoms with Crippen molar-refractivity contribution in [3.63, 3.8) is 0 Å². The van der Waals surface area contributed by atoms with E-state index in [0.29, 0.717) is 0 Å². The number of anilines is 1. The summed E-state index contributed by atoms with van der Waals surface area (Å²) in [5.74, 6) is 1.04. The van der Waals surface area contributed by atoms with Gasteiger partial charge >= 0.3 is 12.2 Å². The Bertz CT molecular complexity index is 845.